The third-order valence-electron chi connectivity index (χ3n) is 5.81. The Morgan fingerprint density at radius 2 is 1.86 bits per heavy atom. The van der Waals surface area contributed by atoms with Crippen LogP contribution in [0, 0.1) is 5.41 Å². The molecule has 1 heterocycles. The first-order chi connectivity index (χ1) is 20.2. The minimum atomic E-state index is -4.85. The van der Waals surface area contributed by atoms with Crippen LogP contribution in [0.1, 0.15) is 59.4 Å². The Labute approximate surface area is 249 Å². The molecule has 0 spiro atoms. The number of aromatic carboxylic acids is 1. The molecular weight excluding hydrogens is 582 g/mol. The van der Waals surface area contributed by atoms with Gasteiger partial charge in [0, 0.05) is 47.5 Å². The van der Waals surface area contributed by atoms with E-state index >= 15 is 0 Å². The lowest BCUT2D eigenvalue weighted by Crippen LogP contribution is -2.33. The van der Waals surface area contributed by atoms with Gasteiger partial charge in [0.1, 0.15) is 10.7 Å². The number of aliphatic carboxylic acids is 1. The highest BCUT2D eigenvalue weighted by Crippen LogP contribution is 2.44. The second-order valence-electron chi connectivity index (χ2n) is 8.91. The molecule has 1 unspecified atom stereocenters. The number of ether oxygens (including phenoxy) is 1. The van der Waals surface area contributed by atoms with E-state index in [9.17, 15) is 32.5 Å². The van der Waals surface area contributed by atoms with Gasteiger partial charge in [-0.1, -0.05) is 31.7 Å². The molecule has 0 saturated carbocycles. The largest absolute Gasteiger partial charge is 0.481 e. The van der Waals surface area contributed by atoms with Gasteiger partial charge in [0.25, 0.3) is 16.0 Å². The van der Waals surface area contributed by atoms with Crippen LogP contribution in [0.4, 0.5) is 0 Å². The molecule has 1 atom stereocenters. The maximum Gasteiger partial charge on any atom is 0.336 e. The summed E-state index contributed by atoms with van der Waals surface area (Å²) >= 11 is 0. The molecule has 15 heteroatoms. The fourth-order valence-electron chi connectivity index (χ4n) is 4.01. The van der Waals surface area contributed by atoms with E-state index in [0.29, 0.717) is 6.42 Å². The van der Waals surface area contributed by atoms with Crippen molar-refractivity contribution in [3.63, 3.8) is 0 Å². The van der Waals surface area contributed by atoms with Crippen LogP contribution < -0.4 is 22.3 Å². The van der Waals surface area contributed by atoms with E-state index in [-0.39, 0.29) is 57.8 Å². The molecule has 0 radical (unpaired) electrons. The van der Waals surface area contributed by atoms with Crippen molar-refractivity contribution in [2.24, 2.45) is 11.6 Å². The number of hydrogen-bond acceptors (Lipinski definition) is 10. The van der Waals surface area contributed by atoms with Crippen LogP contribution in [0.15, 0.2) is 70.6 Å². The molecule has 234 valence electrons. The summed E-state index contributed by atoms with van der Waals surface area (Å²) in [6.07, 6.45) is 5.31. The van der Waals surface area contributed by atoms with E-state index < -0.39 is 45.5 Å². The van der Waals surface area contributed by atoms with Gasteiger partial charge in [0.2, 0.25) is 0 Å². The number of amides is 1. The molecule has 1 aromatic carbocycles. The Morgan fingerprint density at radius 1 is 1.23 bits per heavy atom. The number of carboxylic acids is 2. The van der Waals surface area contributed by atoms with Crippen molar-refractivity contribution in [1.29, 1.82) is 5.41 Å². The molecule has 0 aliphatic carbocycles. The quantitative estimate of drug-likeness (QED) is 0.0726. The lowest BCUT2D eigenvalue weighted by atomic mass is 9.84. The molecule has 0 aromatic heterocycles. The van der Waals surface area contributed by atoms with Crippen LogP contribution in [-0.2, 0) is 19.6 Å². The molecule has 1 aliphatic rings. The molecular formula is C28H37N5O9S. The molecule has 10 N–H and O–H groups in total. The number of hydrogen-bond donors (Lipinski definition) is 8. The van der Waals surface area contributed by atoms with Crippen LogP contribution >= 0.6 is 0 Å². The van der Waals surface area contributed by atoms with E-state index in [1.54, 1.807) is 27.0 Å². The average Bonchev–Trinajstić information content (AvgIpc) is 2.92. The fourth-order valence-corrected chi connectivity index (χ4v) is 4.61. The van der Waals surface area contributed by atoms with E-state index in [0.717, 1.165) is 12.3 Å². The van der Waals surface area contributed by atoms with Crippen molar-refractivity contribution in [2.45, 2.75) is 39.2 Å². The lowest BCUT2D eigenvalue weighted by Gasteiger charge is -2.29. The zero-order chi connectivity index (χ0) is 32.9. The number of hydrazine groups is 1. The Hall–Kier alpha value is -4.41. The normalized spacial score (nSPS) is 16.9. The fraction of sp³-hybridized carbons (Fsp3) is 0.286. The summed E-state index contributed by atoms with van der Waals surface area (Å²) in [6.45, 7) is 6.48. The smallest absolute Gasteiger partial charge is 0.336 e. The molecule has 43 heavy (non-hydrogen) atoms. The summed E-state index contributed by atoms with van der Waals surface area (Å²) in [5, 5.41) is 29.1. The minimum Gasteiger partial charge on any atom is -0.481 e. The SMILES string of the molecule is C=CC1=C(c2ccc(C(=O)NC(C)CCC(=O)O)cc2C(=O)O)C(=C/CC)/C(=C(\CN)S(=O)(=O)O)O/C1=C/C=N.CNN. The van der Waals surface area contributed by atoms with Crippen LogP contribution in [0.25, 0.3) is 5.57 Å². The average molecular weight is 620 g/mol. The van der Waals surface area contributed by atoms with Gasteiger partial charge in [-0.3, -0.25) is 25.4 Å². The summed E-state index contributed by atoms with van der Waals surface area (Å²) in [7, 11) is -3.20. The van der Waals surface area contributed by atoms with Crippen molar-refractivity contribution in [3.05, 3.63) is 87.3 Å². The summed E-state index contributed by atoms with van der Waals surface area (Å²) in [6, 6.07) is 3.37. The Balaban J connectivity index is 0.00000295. The molecule has 0 saturated heterocycles. The lowest BCUT2D eigenvalue weighted by molar-refractivity contribution is -0.137. The van der Waals surface area contributed by atoms with Gasteiger partial charge in [0.15, 0.2) is 5.76 Å². The number of benzene rings is 1. The maximum absolute atomic E-state index is 12.8. The predicted octanol–water partition coefficient (Wildman–Crippen LogP) is 2.35. The second kappa shape index (κ2) is 16.9. The van der Waals surface area contributed by atoms with Crippen molar-refractivity contribution in [3.8, 4) is 0 Å². The van der Waals surface area contributed by atoms with Crippen molar-refractivity contribution >= 4 is 39.8 Å². The zero-order valence-corrected chi connectivity index (χ0v) is 24.8. The van der Waals surface area contributed by atoms with Crippen LogP contribution in [0.3, 0.4) is 0 Å². The number of carbonyl (C=O) groups is 3. The molecule has 2 rings (SSSR count). The summed E-state index contributed by atoms with van der Waals surface area (Å²) in [5.74, 6) is 1.16. The highest BCUT2D eigenvalue weighted by Gasteiger charge is 2.34. The Kier molecular flexibility index (Phi) is 14.4. The molecule has 1 aliphatic heterocycles. The first-order valence-corrected chi connectivity index (χ1v) is 14.3. The van der Waals surface area contributed by atoms with E-state index in [4.69, 9.17) is 21.0 Å². The molecule has 0 bridgehead atoms. The third-order valence-corrected chi connectivity index (χ3v) is 6.78. The maximum atomic E-state index is 12.8. The molecule has 1 aromatic rings. The third kappa shape index (κ3) is 9.83. The first kappa shape index (κ1) is 36.6. The number of carboxylic acid groups (broad SMARTS) is 2. The van der Waals surface area contributed by atoms with Gasteiger partial charge < -0.3 is 31.4 Å². The molecule has 14 nitrogen and oxygen atoms in total. The van der Waals surface area contributed by atoms with Crippen LogP contribution in [0.5, 0.6) is 0 Å². The summed E-state index contributed by atoms with van der Waals surface area (Å²) in [4.78, 5) is 35.4. The highest BCUT2D eigenvalue weighted by atomic mass is 32.2. The van der Waals surface area contributed by atoms with Gasteiger partial charge in [0.05, 0.1) is 5.56 Å². The topological polar surface area (TPSA) is 255 Å². The standard InChI is InChI=1S/C27H31N3O9S.CH6N2/c1-4-6-19-24(17(5-2)21(11-12-28)39-25(19)22(14-29)40(36,37)38)18-9-8-16(13-20(18)27(34)35)26(33)30-15(3)7-10-23(31)32;1-3-2/h5-6,8-9,11-13,15,28H,2,4,7,10,14,29H2,1,3H3,(H,30,33)(H,31,32)(H,34,35)(H,36,37,38);3H,2H2,1H3/b19-6-,21-11+,25-22-,28-12?;. The number of nitrogens with one attached hydrogen (secondary N) is 3. The van der Waals surface area contributed by atoms with Gasteiger partial charge in [-0.05, 0) is 50.6 Å². The van der Waals surface area contributed by atoms with Gasteiger partial charge in [-0.25, -0.2) is 4.79 Å². The number of carbonyl (C=O) groups excluding carboxylic acids is 1. The van der Waals surface area contributed by atoms with Gasteiger partial charge in [-0.2, -0.15) is 8.42 Å². The molecule has 0 fully saturated rings. The highest BCUT2D eigenvalue weighted by molar-refractivity contribution is 7.89. The van der Waals surface area contributed by atoms with Crippen molar-refractivity contribution in [1.82, 2.24) is 10.7 Å². The van der Waals surface area contributed by atoms with Gasteiger partial charge in [-0.15, -0.1) is 0 Å². The van der Waals surface area contributed by atoms with E-state index in [1.807, 2.05) is 0 Å². The van der Waals surface area contributed by atoms with Crippen molar-refractivity contribution in [2.75, 3.05) is 13.6 Å². The van der Waals surface area contributed by atoms with Crippen molar-refractivity contribution < 1.29 is 42.3 Å². The molecule has 1 amide bonds. The predicted molar refractivity (Wildman–Crippen MR) is 162 cm³/mol. The number of allylic oxidation sites excluding steroid dienone is 4. The Bertz CT molecular complexity index is 1490. The first-order valence-electron chi connectivity index (χ1n) is 12.9. The van der Waals surface area contributed by atoms with E-state index in [2.05, 4.69) is 23.2 Å². The minimum absolute atomic E-state index is 0.0104. The summed E-state index contributed by atoms with van der Waals surface area (Å²) in [5.41, 5.74) is 8.14. The van der Waals surface area contributed by atoms with E-state index in [1.165, 1.54) is 24.3 Å². The monoisotopic (exact) mass is 619 g/mol. The van der Waals surface area contributed by atoms with Crippen LogP contribution in [0.2, 0.25) is 0 Å². The number of rotatable bonds is 12. The zero-order valence-electron chi connectivity index (χ0n) is 24.0. The second-order valence-corrected chi connectivity index (χ2v) is 10.4. The number of nitrogens with two attached hydrogens (primary N) is 2. The Morgan fingerprint density at radius 3 is 2.33 bits per heavy atom. The van der Waals surface area contributed by atoms with Gasteiger partial charge >= 0.3 is 11.9 Å². The van der Waals surface area contributed by atoms with Crippen LogP contribution in [-0.4, -0.2) is 66.9 Å². The summed E-state index contributed by atoms with van der Waals surface area (Å²) < 4.78 is 40.0.